The molecular weight excluding hydrogens is 568 g/mol. The summed E-state index contributed by atoms with van der Waals surface area (Å²) in [6.45, 7) is 4.36. The summed E-state index contributed by atoms with van der Waals surface area (Å²) in [4.78, 5) is 90.2. The number of carboxylic acid groups (broad SMARTS) is 1. The largest absolute Gasteiger partial charge is 0.477 e. The van der Waals surface area contributed by atoms with Crippen molar-refractivity contribution < 1.29 is 53.7 Å². The zero-order chi connectivity index (χ0) is 30.6. The average Bonchev–Trinajstić information content (AvgIpc) is 2.90. The zero-order valence-electron chi connectivity index (χ0n) is 22.5. The number of aliphatic carboxylic acids is 1. The molecule has 3 aliphatic rings. The third-order valence-corrected chi connectivity index (χ3v) is 7.89. The summed E-state index contributed by atoms with van der Waals surface area (Å²) in [5.41, 5.74) is 1.06. The maximum Gasteiger partial charge on any atom is 0.352 e. The molecule has 6 N–H and O–H groups in total. The van der Waals surface area contributed by atoms with E-state index in [4.69, 9.17) is 4.74 Å². The fourth-order valence-electron chi connectivity index (χ4n) is 4.45. The lowest BCUT2D eigenvalue weighted by Crippen LogP contribution is -2.70. The van der Waals surface area contributed by atoms with Gasteiger partial charge < -0.3 is 35.7 Å². The van der Waals surface area contributed by atoms with Gasteiger partial charge in [-0.3, -0.25) is 33.8 Å². The molecule has 1 unspecified atom stereocenters. The first kappa shape index (κ1) is 31.8. The standard InChI is InChI=1S/C23H32N6O11S/c1-4-5-6-27-7-8-28(20(35)19(27)34)23(38)24-13(10(2)30)16(32)25-17(40-11(3)31)12-9-41-21-14(26-39)18(33)29(21)15(12)22(36)37/h10,13-14,17,21,26,30,39H,4-9H2,1-3H3,(H,24,38)(H,25,32)(H,36,37)/t10-,13+,14-,17?,21+/m0/s1. The molecule has 6 amide bonds. The minimum Gasteiger partial charge on any atom is -0.477 e. The van der Waals surface area contributed by atoms with Crippen molar-refractivity contribution in [2.24, 2.45) is 0 Å². The summed E-state index contributed by atoms with van der Waals surface area (Å²) in [7, 11) is 0. The Balaban J connectivity index is 1.80. The van der Waals surface area contributed by atoms with E-state index in [9.17, 15) is 49.0 Å². The Hall–Kier alpha value is -3.74. The SMILES string of the molecule is CCCCN1CCN(C(=O)N[C@@H](C(=O)NC(OC(C)=O)C2=C(C(=O)O)N3C(=O)[C@H](NO)[C@H]3SC2)[C@H](C)O)C(=O)C1=O. The van der Waals surface area contributed by atoms with Gasteiger partial charge in [-0.1, -0.05) is 13.3 Å². The van der Waals surface area contributed by atoms with Gasteiger partial charge in [0.15, 0.2) is 0 Å². The number of thioether (sulfide) groups is 1. The number of aliphatic hydroxyl groups excluding tert-OH is 1. The summed E-state index contributed by atoms with van der Waals surface area (Å²) >= 11 is 1.03. The lowest BCUT2D eigenvalue weighted by atomic mass is 10.0. The zero-order valence-corrected chi connectivity index (χ0v) is 23.3. The Morgan fingerprint density at radius 1 is 1.12 bits per heavy atom. The number of carboxylic acids is 1. The Morgan fingerprint density at radius 3 is 2.37 bits per heavy atom. The smallest absolute Gasteiger partial charge is 0.352 e. The van der Waals surface area contributed by atoms with Crippen LogP contribution >= 0.6 is 11.8 Å². The Kier molecular flexibility index (Phi) is 10.3. The molecule has 0 aromatic heterocycles. The summed E-state index contributed by atoms with van der Waals surface area (Å²) < 4.78 is 5.15. The van der Waals surface area contributed by atoms with E-state index in [0.29, 0.717) is 17.9 Å². The number of ether oxygens (including phenoxy) is 1. The molecule has 226 valence electrons. The number of hydrogen-bond acceptors (Lipinski definition) is 12. The maximum absolute atomic E-state index is 13.2. The molecule has 2 fully saturated rings. The summed E-state index contributed by atoms with van der Waals surface area (Å²) in [5.74, 6) is -6.50. The molecule has 0 aromatic rings. The van der Waals surface area contributed by atoms with Crippen molar-refractivity contribution in [3.8, 4) is 0 Å². The quantitative estimate of drug-likeness (QED) is 0.0474. The number of hydrogen-bond donors (Lipinski definition) is 6. The van der Waals surface area contributed by atoms with E-state index in [1.807, 2.05) is 6.92 Å². The van der Waals surface area contributed by atoms with Gasteiger partial charge in [0.05, 0.1) is 6.10 Å². The molecule has 3 aliphatic heterocycles. The molecular formula is C23H32N6O11S. The van der Waals surface area contributed by atoms with Crippen molar-refractivity contribution >= 4 is 53.4 Å². The maximum atomic E-state index is 13.2. The van der Waals surface area contributed by atoms with E-state index in [-0.39, 0.29) is 24.4 Å². The van der Waals surface area contributed by atoms with Crippen molar-refractivity contribution in [2.45, 2.75) is 63.4 Å². The molecule has 41 heavy (non-hydrogen) atoms. The number of rotatable bonds is 11. The first-order chi connectivity index (χ1) is 19.3. The molecule has 17 nitrogen and oxygen atoms in total. The number of hydroxylamine groups is 1. The monoisotopic (exact) mass is 600 g/mol. The molecule has 3 heterocycles. The fourth-order valence-corrected chi connectivity index (χ4v) is 5.82. The van der Waals surface area contributed by atoms with Crippen LogP contribution < -0.4 is 16.1 Å². The second kappa shape index (κ2) is 13.3. The van der Waals surface area contributed by atoms with Crippen LogP contribution in [0.1, 0.15) is 33.6 Å². The molecule has 0 aromatic carbocycles. The Labute approximate surface area is 238 Å². The van der Waals surface area contributed by atoms with Gasteiger partial charge in [-0.25, -0.2) is 9.59 Å². The van der Waals surface area contributed by atoms with Crippen molar-refractivity contribution in [1.82, 2.24) is 30.8 Å². The van der Waals surface area contributed by atoms with Crippen LogP contribution in [0.15, 0.2) is 11.3 Å². The number of amides is 6. The predicted octanol–water partition coefficient (Wildman–Crippen LogP) is -2.48. The fraction of sp³-hybridized carbons (Fsp3) is 0.609. The van der Waals surface area contributed by atoms with E-state index in [1.165, 1.54) is 4.90 Å². The van der Waals surface area contributed by atoms with Gasteiger partial charge in [-0.05, 0) is 13.3 Å². The van der Waals surface area contributed by atoms with Crippen LogP contribution in [-0.2, 0) is 33.5 Å². The molecule has 0 saturated carbocycles. The molecule has 0 spiro atoms. The third-order valence-electron chi connectivity index (χ3n) is 6.59. The lowest BCUT2D eigenvalue weighted by Gasteiger charge is -2.49. The van der Waals surface area contributed by atoms with Crippen molar-refractivity contribution in [3.05, 3.63) is 11.3 Å². The van der Waals surface area contributed by atoms with Crippen LogP contribution in [-0.4, -0.2) is 127 Å². The second-order valence-corrected chi connectivity index (χ2v) is 10.6. The number of esters is 1. The topological polar surface area (TPSA) is 235 Å². The van der Waals surface area contributed by atoms with E-state index in [1.54, 1.807) is 5.48 Å². The first-order valence-corrected chi connectivity index (χ1v) is 13.8. The van der Waals surface area contributed by atoms with Crippen LogP contribution in [0.3, 0.4) is 0 Å². The molecule has 3 rings (SSSR count). The number of carbonyl (C=O) groups is 7. The number of unbranched alkanes of at least 4 members (excludes halogenated alkanes) is 1. The molecule has 5 atom stereocenters. The average molecular weight is 601 g/mol. The molecule has 0 bridgehead atoms. The third kappa shape index (κ3) is 6.61. The highest BCUT2D eigenvalue weighted by Crippen LogP contribution is 2.41. The van der Waals surface area contributed by atoms with Gasteiger partial charge in [0.2, 0.25) is 12.1 Å². The lowest BCUT2D eigenvalue weighted by molar-refractivity contribution is -0.154. The van der Waals surface area contributed by atoms with Gasteiger partial charge in [-0.2, -0.15) is 5.48 Å². The number of carbonyl (C=O) groups excluding carboxylic acids is 6. The Bertz CT molecular complexity index is 1160. The number of aliphatic hydroxyl groups is 1. The van der Waals surface area contributed by atoms with Gasteiger partial charge in [0, 0.05) is 37.9 Å². The predicted molar refractivity (Wildman–Crippen MR) is 137 cm³/mol. The number of β-lactam (4-membered cyclic amide) rings is 1. The Morgan fingerprint density at radius 2 is 1.80 bits per heavy atom. The van der Waals surface area contributed by atoms with Gasteiger partial charge in [0.1, 0.15) is 23.2 Å². The summed E-state index contributed by atoms with van der Waals surface area (Å²) in [6.07, 6.45) is -1.82. The number of nitrogens with one attached hydrogen (secondary N) is 3. The minimum absolute atomic E-state index is 0.0880. The van der Waals surface area contributed by atoms with Crippen LogP contribution in [0, 0.1) is 0 Å². The van der Waals surface area contributed by atoms with Crippen LogP contribution in [0.25, 0.3) is 0 Å². The molecule has 18 heteroatoms. The van der Waals surface area contributed by atoms with Crippen LogP contribution in [0.5, 0.6) is 0 Å². The number of fused-ring (bicyclic) bond motifs is 1. The van der Waals surface area contributed by atoms with E-state index < -0.39 is 77.1 Å². The van der Waals surface area contributed by atoms with Crippen molar-refractivity contribution in [2.75, 3.05) is 25.4 Å². The number of piperazine rings is 1. The van der Waals surface area contributed by atoms with Gasteiger partial charge in [-0.15, -0.1) is 11.8 Å². The van der Waals surface area contributed by atoms with Gasteiger partial charge in [0.25, 0.3) is 5.91 Å². The van der Waals surface area contributed by atoms with Crippen molar-refractivity contribution in [3.63, 3.8) is 0 Å². The van der Waals surface area contributed by atoms with E-state index >= 15 is 0 Å². The second-order valence-electron chi connectivity index (χ2n) is 9.46. The van der Waals surface area contributed by atoms with E-state index in [2.05, 4.69) is 10.6 Å². The molecule has 0 radical (unpaired) electrons. The number of nitrogens with zero attached hydrogens (tertiary/aromatic N) is 3. The highest BCUT2D eigenvalue weighted by atomic mass is 32.2. The number of imide groups is 1. The first-order valence-electron chi connectivity index (χ1n) is 12.7. The van der Waals surface area contributed by atoms with E-state index in [0.717, 1.165) is 36.9 Å². The normalized spacial score (nSPS) is 22.9. The number of urea groups is 1. The minimum atomic E-state index is -1.73. The van der Waals surface area contributed by atoms with Crippen LogP contribution in [0.4, 0.5) is 4.79 Å². The highest BCUT2D eigenvalue weighted by molar-refractivity contribution is 8.00. The van der Waals surface area contributed by atoms with Crippen LogP contribution in [0.2, 0.25) is 0 Å². The van der Waals surface area contributed by atoms with Gasteiger partial charge >= 0.3 is 29.8 Å². The van der Waals surface area contributed by atoms with Crippen molar-refractivity contribution in [1.29, 1.82) is 0 Å². The molecule has 2 saturated heterocycles. The summed E-state index contributed by atoms with van der Waals surface area (Å²) in [5, 5.41) is 33.0. The highest BCUT2D eigenvalue weighted by Gasteiger charge is 2.54. The molecule has 0 aliphatic carbocycles. The summed E-state index contributed by atoms with van der Waals surface area (Å²) in [6, 6.07) is -3.91.